The van der Waals surface area contributed by atoms with Crippen LogP contribution in [0.5, 0.6) is 11.5 Å². The van der Waals surface area contributed by atoms with Crippen LogP contribution in [0.15, 0.2) is 17.7 Å². The Bertz CT molecular complexity index is 659. The monoisotopic (exact) mass is 290 g/mol. The molecule has 21 heavy (non-hydrogen) atoms. The van der Waals surface area contributed by atoms with E-state index in [9.17, 15) is 20.0 Å². The average molecular weight is 290 g/mol. The molecule has 1 rings (SSSR count). The summed E-state index contributed by atoms with van der Waals surface area (Å²) in [6.45, 7) is 0. The fourth-order valence-corrected chi connectivity index (χ4v) is 1.53. The Morgan fingerprint density at radius 2 is 2.10 bits per heavy atom. The number of amides is 1. The van der Waals surface area contributed by atoms with E-state index >= 15 is 0 Å². The maximum atomic E-state index is 11.7. The van der Waals surface area contributed by atoms with E-state index < -0.39 is 22.3 Å². The molecule has 1 amide bonds. The summed E-state index contributed by atoms with van der Waals surface area (Å²) in [5, 5.41) is 31.5. The van der Waals surface area contributed by atoms with Gasteiger partial charge in [0, 0.05) is 25.9 Å². The van der Waals surface area contributed by atoms with Crippen LogP contribution in [0, 0.1) is 21.4 Å². The highest BCUT2D eigenvalue weighted by molar-refractivity contribution is 6.01. The largest absolute Gasteiger partial charge is 0.865 e. The van der Waals surface area contributed by atoms with E-state index in [1.54, 1.807) is 6.07 Å². The minimum Gasteiger partial charge on any atom is -0.865 e. The van der Waals surface area contributed by atoms with E-state index in [1.165, 1.54) is 32.2 Å². The number of rotatable bonds is 4. The number of carbonyl (C=O) groups excluding carboxylic acids is 1. The van der Waals surface area contributed by atoms with Gasteiger partial charge in [-0.05, 0) is 17.7 Å². The molecule has 0 aliphatic heterocycles. The van der Waals surface area contributed by atoms with Gasteiger partial charge in [0.1, 0.15) is 17.4 Å². The van der Waals surface area contributed by atoms with Gasteiger partial charge in [0.2, 0.25) is 0 Å². The van der Waals surface area contributed by atoms with Gasteiger partial charge in [0.05, 0.1) is 12.0 Å². The fraction of sp³-hybridized carbons (Fsp3) is 0.231. The van der Waals surface area contributed by atoms with Crippen molar-refractivity contribution in [3.8, 4) is 17.6 Å². The molecule has 1 aromatic rings. The Kier molecular flexibility index (Phi) is 4.86. The summed E-state index contributed by atoms with van der Waals surface area (Å²) >= 11 is 0. The predicted molar refractivity (Wildman–Crippen MR) is 71.4 cm³/mol. The third-order valence-electron chi connectivity index (χ3n) is 2.54. The van der Waals surface area contributed by atoms with Crippen molar-refractivity contribution in [2.24, 2.45) is 0 Å². The molecule has 0 fully saturated rings. The third kappa shape index (κ3) is 3.48. The lowest BCUT2D eigenvalue weighted by atomic mass is 10.1. The highest BCUT2D eigenvalue weighted by atomic mass is 16.6. The van der Waals surface area contributed by atoms with Crippen molar-refractivity contribution in [3.63, 3.8) is 0 Å². The lowest BCUT2D eigenvalue weighted by Crippen LogP contribution is -2.22. The van der Waals surface area contributed by atoms with Gasteiger partial charge in [-0.3, -0.25) is 14.9 Å². The molecule has 0 aromatic heterocycles. The van der Waals surface area contributed by atoms with Gasteiger partial charge < -0.3 is 14.7 Å². The number of nitro benzene ring substituents is 1. The Hall–Kier alpha value is -3.08. The number of nitrogens with zero attached hydrogens (tertiary/aromatic N) is 3. The van der Waals surface area contributed by atoms with Gasteiger partial charge in [-0.2, -0.15) is 5.26 Å². The van der Waals surface area contributed by atoms with Crippen molar-refractivity contribution >= 4 is 17.7 Å². The molecular weight excluding hydrogens is 278 g/mol. The van der Waals surface area contributed by atoms with E-state index in [0.29, 0.717) is 0 Å². The zero-order valence-corrected chi connectivity index (χ0v) is 11.6. The van der Waals surface area contributed by atoms with Crippen molar-refractivity contribution in [1.82, 2.24) is 4.90 Å². The number of nitro groups is 1. The zero-order valence-electron chi connectivity index (χ0n) is 11.6. The number of hydrogen-bond acceptors (Lipinski definition) is 6. The molecule has 0 spiro atoms. The Labute approximate surface area is 120 Å². The highest BCUT2D eigenvalue weighted by Gasteiger charge is 2.15. The van der Waals surface area contributed by atoms with Crippen LogP contribution in [0.1, 0.15) is 5.56 Å². The molecule has 1 aromatic carbocycles. The van der Waals surface area contributed by atoms with Gasteiger partial charge in [0.25, 0.3) is 11.6 Å². The van der Waals surface area contributed by atoms with Crippen LogP contribution in [0.25, 0.3) is 6.08 Å². The van der Waals surface area contributed by atoms with E-state index in [4.69, 9.17) is 10.00 Å². The first kappa shape index (κ1) is 16.0. The van der Waals surface area contributed by atoms with Crippen molar-refractivity contribution in [2.75, 3.05) is 21.2 Å². The molecule has 0 bridgehead atoms. The summed E-state index contributed by atoms with van der Waals surface area (Å²) in [5.41, 5.74) is -0.741. The van der Waals surface area contributed by atoms with Crippen molar-refractivity contribution in [3.05, 3.63) is 33.4 Å². The molecule has 110 valence electrons. The van der Waals surface area contributed by atoms with Crippen LogP contribution in [0.4, 0.5) is 5.69 Å². The minimum absolute atomic E-state index is 0.157. The zero-order chi connectivity index (χ0) is 16.2. The quantitative estimate of drug-likeness (QED) is 0.348. The third-order valence-corrected chi connectivity index (χ3v) is 2.54. The number of nitriles is 1. The van der Waals surface area contributed by atoms with Crippen LogP contribution >= 0.6 is 0 Å². The highest BCUT2D eigenvalue weighted by Crippen LogP contribution is 2.35. The van der Waals surface area contributed by atoms with Crippen LogP contribution in [-0.2, 0) is 4.79 Å². The van der Waals surface area contributed by atoms with Gasteiger partial charge >= 0.3 is 0 Å². The molecule has 0 N–H and O–H groups in total. The predicted octanol–water partition coefficient (Wildman–Crippen LogP) is 0.672. The van der Waals surface area contributed by atoms with Crippen LogP contribution < -0.4 is 9.84 Å². The van der Waals surface area contributed by atoms with E-state index in [0.717, 1.165) is 12.1 Å². The lowest BCUT2D eigenvalue weighted by molar-refractivity contribution is -0.398. The first-order chi connectivity index (χ1) is 9.81. The number of hydrogen-bond donors (Lipinski definition) is 0. The maximum absolute atomic E-state index is 11.7. The van der Waals surface area contributed by atoms with Gasteiger partial charge in [-0.15, -0.1) is 0 Å². The molecule has 0 radical (unpaired) electrons. The van der Waals surface area contributed by atoms with Crippen LogP contribution in [-0.4, -0.2) is 36.9 Å². The molecule has 0 heterocycles. The first-order valence-electron chi connectivity index (χ1n) is 5.68. The lowest BCUT2D eigenvalue weighted by Gasteiger charge is -2.13. The van der Waals surface area contributed by atoms with Gasteiger partial charge in [-0.1, -0.05) is 0 Å². The summed E-state index contributed by atoms with van der Waals surface area (Å²) in [5.74, 6) is -1.65. The van der Waals surface area contributed by atoms with E-state index in [-0.39, 0.29) is 16.9 Å². The van der Waals surface area contributed by atoms with Crippen molar-refractivity contribution in [1.29, 1.82) is 5.26 Å². The van der Waals surface area contributed by atoms with Gasteiger partial charge in [0.15, 0.2) is 0 Å². The maximum Gasteiger partial charge on any atom is 0.266 e. The van der Waals surface area contributed by atoms with Gasteiger partial charge in [-0.25, -0.2) is 0 Å². The summed E-state index contributed by atoms with van der Waals surface area (Å²) < 4.78 is 4.78. The molecule has 0 unspecified atom stereocenters. The molecule has 0 aliphatic carbocycles. The van der Waals surface area contributed by atoms with E-state index in [2.05, 4.69) is 0 Å². The number of methoxy groups -OCH3 is 1. The molecular formula is C13H12N3O5-. The molecule has 0 saturated heterocycles. The standard InChI is InChI=1S/C13H13N3O5/c1-15(2)13(18)9(7-14)4-8-5-10(16(19)20)12(17)11(6-8)21-3/h4-6,17H,1-3H3/p-1/b9-4+. The first-order valence-corrected chi connectivity index (χ1v) is 5.68. The molecule has 0 aliphatic rings. The number of ether oxygens (including phenoxy) is 1. The second-order valence-corrected chi connectivity index (χ2v) is 4.20. The molecule has 8 heteroatoms. The second-order valence-electron chi connectivity index (χ2n) is 4.20. The van der Waals surface area contributed by atoms with E-state index in [1.807, 2.05) is 0 Å². The fourth-order valence-electron chi connectivity index (χ4n) is 1.53. The Balaban J connectivity index is 3.44. The average Bonchev–Trinajstić information content (AvgIpc) is 2.44. The summed E-state index contributed by atoms with van der Waals surface area (Å²) in [7, 11) is 4.14. The normalized spacial score (nSPS) is 10.7. The summed E-state index contributed by atoms with van der Waals surface area (Å²) in [4.78, 5) is 22.9. The topological polar surface area (TPSA) is 120 Å². The second kappa shape index (κ2) is 6.38. The smallest absolute Gasteiger partial charge is 0.266 e. The molecule has 0 saturated carbocycles. The van der Waals surface area contributed by atoms with Crippen LogP contribution in [0.3, 0.4) is 0 Å². The number of likely N-dealkylation sites (N-methyl/N-ethyl adjacent to an activating group) is 1. The number of benzene rings is 1. The Morgan fingerprint density at radius 1 is 1.48 bits per heavy atom. The van der Waals surface area contributed by atoms with Crippen LogP contribution in [0.2, 0.25) is 0 Å². The van der Waals surface area contributed by atoms with Crippen molar-refractivity contribution < 1.29 is 19.6 Å². The summed E-state index contributed by atoms with van der Waals surface area (Å²) in [6, 6.07) is 3.94. The molecule has 8 nitrogen and oxygen atoms in total. The van der Waals surface area contributed by atoms with Crippen molar-refractivity contribution in [2.45, 2.75) is 0 Å². The molecule has 0 atom stereocenters. The summed E-state index contributed by atoms with van der Waals surface area (Å²) in [6.07, 6.45) is 1.16. The number of carbonyl (C=O) groups is 1. The minimum atomic E-state index is -0.864. The SMILES string of the molecule is COc1cc(/C=C(\C#N)C(=O)N(C)C)cc([N+](=O)[O-])c1[O-]. The Morgan fingerprint density at radius 3 is 2.52 bits per heavy atom.